The number of nitrogens with one attached hydrogen (secondary N) is 2. The van der Waals surface area contributed by atoms with E-state index in [0.717, 1.165) is 18.4 Å². The highest BCUT2D eigenvalue weighted by molar-refractivity contribution is 5.85. The molecular weight excluding hydrogens is 314 g/mol. The summed E-state index contributed by atoms with van der Waals surface area (Å²) in [6.07, 6.45) is 2.79. The average Bonchev–Trinajstić information content (AvgIpc) is 2.82. The molecule has 1 aromatic carbocycles. The molecule has 2 saturated heterocycles. The maximum absolute atomic E-state index is 12.4. The minimum atomic E-state index is -0.352. The first-order valence-corrected chi connectivity index (χ1v) is 9.18. The van der Waals surface area contributed by atoms with Gasteiger partial charge in [0.05, 0.1) is 11.7 Å². The molecule has 2 heterocycles. The zero-order valence-electron chi connectivity index (χ0n) is 15.5. The number of hydrogen-bond donors (Lipinski definition) is 2. The van der Waals surface area contributed by atoms with Gasteiger partial charge in [-0.2, -0.15) is 0 Å². The van der Waals surface area contributed by atoms with Crippen LogP contribution in [0.4, 0.5) is 0 Å². The summed E-state index contributed by atoms with van der Waals surface area (Å²) in [6.45, 7) is 7.65. The van der Waals surface area contributed by atoms with Gasteiger partial charge in [0.25, 0.3) is 0 Å². The minimum Gasteiger partial charge on any atom is -0.342 e. The topological polar surface area (TPSA) is 61.4 Å². The van der Waals surface area contributed by atoms with Gasteiger partial charge in [-0.05, 0) is 17.4 Å². The van der Waals surface area contributed by atoms with Crippen LogP contribution in [0.3, 0.4) is 0 Å². The quantitative estimate of drug-likeness (QED) is 0.883. The Morgan fingerprint density at radius 1 is 1.20 bits per heavy atom. The van der Waals surface area contributed by atoms with Gasteiger partial charge >= 0.3 is 0 Å². The summed E-state index contributed by atoms with van der Waals surface area (Å²) >= 11 is 0. The molecule has 1 spiro atoms. The molecular formula is C20H29N3O2. The molecule has 2 N–H and O–H groups in total. The molecule has 0 bridgehead atoms. The fourth-order valence-electron chi connectivity index (χ4n) is 3.72. The van der Waals surface area contributed by atoms with E-state index in [2.05, 4.69) is 31.4 Å². The minimum absolute atomic E-state index is 0.00677. The van der Waals surface area contributed by atoms with Crippen LogP contribution in [0.25, 0.3) is 0 Å². The Morgan fingerprint density at radius 3 is 2.44 bits per heavy atom. The Hall–Kier alpha value is -1.88. The van der Waals surface area contributed by atoms with Crippen molar-refractivity contribution in [1.82, 2.24) is 15.5 Å². The van der Waals surface area contributed by atoms with E-state index in [1.165, 1.54) is 0 Å². The summed E-state index contributed by atoms with van der Waals surface area (Å²) in [5.74, 6) is 0.283. The molecule has 5 heteroatoms. The normalized spacial score (nSPS) is 22.9. The lowest BCUT2D eigenvalue weighted by molar-refractivity contribution is -0.134. The van der Waals surface area contributed by atoms with Gasteiger partial charge in [0.1, 0.15) is 0 Å². The van der Waals surface area contributed by atoms with Crippen molar-refractivity contribution in [2.45, 2.75) is 58.2 Å². The molecule has 136 valence electrons. The molecule has 0 saturated carbocycles. The lowest BCUT2D eigenvalue weighted by atomic mass is 9.90. The third-order valence-corrected chi connectivity index (χ3v) is 5.06. The molecule has 1 aromatic rings. The molecule has 0 radical (unpaired) electrons. The predicted octanol–water partition coefficient (Wildman–Crippen LogP) is 2.07. The van der Waals surface area contributed by atoms with Crippen molar-refractivity contribution in [2.75, 3.05) is 13.1 Å². The van der Waals surface area contributed by atoms with Crippen LogP contribution >= 0.6 is 0 Å². The number of likely N-dealkylation sites (tertiary alicyclic amines) is 1. The van der Waals surface area contributed by atoms with Crippen molar-refractivity contribution in [3.8, 4) is 0 Å². The van der Waals surface area contributed by atoms with Crippen molar-refractivity contribution in [3.05, 3.63) is 35.9 Å². The third-order valence-electron chi connectivity index (χ3n) is 5.06. The molecule has 2 aliphatic rings. The Balaban J connectivity index is 1.57. The zero-order chi connectivity index (χ0) is 18.1. The summed E-state index contributed by atoms with van der Waals surface area (Å²) < 4.78 is 0. The van der Waals surface area contributed by atoms with Crippen LogP contribution in [0, 0.1) is 5.41 Å². The van der Waals surface area contributed by atoms with Crippen molar-refractivity contribution in [1.29, 1.82) is 0 Å². The molecule has 0 aromatic heterocycles. The van der Waals surface area contributed by atoms with E-state index in [1.807, 2.05) is 35.2 Å². The highest BCUT2D eigenvalue weighted by Crippen LogP contribution is 2.27. The van der Waals surface area contributed by atoms with Crippen molar-refractivity contribution in [2.24, 2.45) is 5.41 Å². The molecule has 0 aliphatic carbocycles. The van der Waals surface area contributed by atoms with Crippen LogP contribution in [0.1, 0.15) is 45.6 Å². The zero-order valence-corrected chi connectivity index (χ0v) is 15.5. The maximum atomic E-state index is 12.4. The Bertz CT molecular complexity index is 628. The Labute approximate surface area is 150 Å². The molecule has 5 nitrogen and oxygen atoms in total. The summed E-state index contributed by atoms with van der Waals surface area (Å²) in [6, 6.07) is 9.88. The Kier molecular flexibility index (Phi) is 4.87. The maximum Gasteiger partial charge on any atom is 0.238 e. The number of carbonyl (C=O) groups excluding carboxylic acids is 2. The molecule has 2 fully saturated rings. The van der Waals surface area contributed by atoms with Crippen LogP contribution in [0.5, 0.6) is 0 Å². The highest BCUT2D eigenvalue weighted by Gasteiger charge is 2.45. The van der Waals surface area contributed by atoms with E-state index in [-0.39, 0.29) is 28.9 Å². The lowest BCUT2D eigenvalue weighted by Crippen LogP contribution is -2.58. The molecule has 25 heavy (non-hydrogen) atoms. The largest absolute Gasteiger partial charge is 0.342 e. The van der Waals surface area contributed by atoms with Gasteiger partial charge in [0.2, 0.25) is 11.8 Å². The lowest BCUT2D eigenvalue weighted by Gasteiger charge is -2.40. The number of amides is 2. The monoisotopic (exact) mass is 343 g/mol. The first kappa shape index (κ1) is 17.9. The van der Waals surface area contributed by atoms with Gasteiger partial charge < -0.3 is 10.2 Å². The second-order valence-electron chi connectivity index (χ2n) is 8.58. The van der Waals surface area contributed by atoms with E-state index >= 15 is 0 Å². The van der Waals surface area contributed by atoms with Gasteiger partial charge in [0, 0.05) is 32.4 Å². The van der Waals surface area contributed by atoms with Crippen molar-refractivity contribution < 1.29 is 9.59 Å². The van der Waals surface area contributed by atoms with Gasteiger partial charge in [-0.25, -0.2) is 0 Å². The van der Waals surface area contributed by atoms with Crippen molar-refractivity contribution >= 4 is 11.8 Å². The second-order valence-corrected chi connectivity index (χ2v) is 8.58. The van der Waals surface area contributed by atoms with E-state index < -0.39 is 0 Å². The molecule has 3 rings (SSSR count). The SMILES string of the molecule is CC(C)(C)CC(=O)N1CCC2(CC1)NC(=O)C(Cc1ccccc1)N2. The summed E-state index contributed by atoms with van der Waals surface area (Å²) in [5.41, 5.74) is 0.812. The standard InChI is InChI=1S/C20H29N3O2/c1-19(2,3)14-17(24)23-11-9-20(10-12-23)21-16(18(25)22-20)13-15-7-5-4-6-8-15/h4-8,16,21H,9-14H2,1-3H3,(H,22,25). The van der Waals surface area contributed by atoms with Crippen LogP contribution in [0.15, 0.2) is 30.3 Å². The van der Waals surface area contributed by atoms with E-state index in [9.17, 15) is 9.59 Å². The van der Waals surface area contributed by atoms with Gasteiger partial charge in [0.15, 0.2) is 0 Å². The number of benzene rings is 1. The predicted molar refractivity (Wildman–Crippen MR) is 97.8 cm³/mol. The van der Waals surface area contributed by atoms with Gasteiger partial charge in [-0.15, -0.1) is 0 Å². The van der Waals surface area contributed by atoms with Gasteiger partial charge in [-0.1, -0.05) is 51.1 Å². The number of hydrogen-bond acceptors (Lipinski definition) is 3. The fourth-order valence-corrected chi connectivity index (χ4v) is 3.72. The number of nitrogens with zero attached hydrogens (tertiary/aromatic N) is 1. The third kappa shape index (κ3) is 4.40. The first-order valence-electron chi connectivity index (χ1n) is 9.18. The molecule has 2 aliphatic heterocycles. The van der Waals surface area contributed by atoms with Crippen LogP contribution < -0.4 is 10.6 Å². The van der Waals surface area contributed by atoms with Crippen molar-refractivity contribution in [3.63, 3.8) is 0 Å². The number of piperidine rings is 1. The summed E-state index contributed by atoms with van der Waals surface area (Å²) in [4.78, 5) is 26.7. The first-order chi connectivity index (χ1) is 11.8. The fraction of sp³-hybridized carbons (Fsp3) is 0.600. The average molecular weight is 343 g/mol. The number of carbonyl (C=O) groups is 2. The van der Waals surface area contributed by atoms with E-state index in [1.54, 1.807) is 0 Å². The van der Waals surface area contributed by atoms with E-state index in [4.69, 9.17) is 0 Å². The van der Waals surface area contributed by atoms with Crippen LogP contribution in [0.2, 0.25) is 0 Å². The number of rotatable bonds is 3. The highest BCUT2D eigenvalue weighted by atomic mass is 16.2. The van der Waals surface area contributed by atoms with Gasteiger partial charge in [-0.3, -0.25) is 14.9 Å². The summed E-state index contributed by atoms with van der Waals surface area (Å²) in [7, 11) is 0. The molecule has 2 amide bonds. The second kappa shape index (κ2) is 6.79. The molecule has 1 unspecified atom stereocenters. The van der Waals surface area contributed by atoms with Crippen LogP contribution in [-0.4, -0.2) is 41.5 Å². The summed E-state index contributed by atoms with van der Waals surface area (Å²) in [5, 5.41) is 6.67. The smallest absolute Gasteiger partial charge is 0.238 e. The molecule has 1 atom stereocenters. The van der Waals surface area contributed by atoms with Crippen LogP contribution in [-0.2, 0) is 16.0 Å². The van der Waals surface area contributed by atoms with E-state index in [0.29, 0.717) is 25.9 Å². The Morgan fingerprint density at radius 2 is 1.84 bits per heavy atom.